The Bertz CT molecular complexity index is 1500. The minimum Gasteiger partial charge on any atom is -0.497 e. The number of hydrogen-bond acceptors (Lipinski definition) is 9. The zero-order valence-electron chi connectivity index (χ0n) is 19.2. The summed E-state index contributed by atoms with van der Waals surface area (Å²) in [6.07, 6.45) is -0.804. The number of anilines is 3. The van der Waals surface area contributed by atoms with Crippen molar-refractivity contribution < 1.29 is 28.7 Å². The Morgan fingerprint density at radius 3 is 2.65 bits per heavy atom. The van der Waals surface area contributed by atoms with E-state index in [1.807, 2.05) is 11.4 Å². The van der Waals surface area contributed by atoms with Crippen molar-refractivity contribution in [3.8, 4) is 26.9 Å². The highest BCUT2D eigenvalue weighted by molar-refractivity contribution is 7.51. The fourth-order valence-corrected chi connectivity index (χ4v) is 5.25. The SMILES string of the molecule is COc1cccc(C(=O)Nc2cccc(-c3csc(-c4sc(NC(=O)NCP(=O)(O)O)nc4N)n3)c2)c1. The molecule has 0 unspecified atom stereocenters. The first-order valence-electron chi connectivity index (χ1n) is 10.5. The van der Waals surface area contributed by atoms with Gasteiger partial charge in [-0.25, -0.2) is 14.8 Å². The molecule has 192 valence electrons. The number of nitrogens with two attached hydrogens (primary N) is 1. The van der Waals surface area contributed by atoms with Gasteiger partial charge >= 0.3 is 13.6 Å². The molecule has 0 radical (unpaired) electrons. The number of carbonyl (C=O) groups is 2. The monoisotopic (exact) mass is 560 g/mol. The summed E-state index contributed by atoms with van der Waals surface area (Å²) in [7, 11) is -2.85. The van der Waals surface area contributed by atoms with Crippen molar-refractivity contribution in [2.24, 2.45) is 0 Å². The molecule has 0 saturated heterocycles. The van der Waals surface area contributed by atoms with E-state index in [0.29, 0.717) is 32.6 Å². The molecule has 0 aliphatic carbocycles. The summed E-state index contributed by atoms with van der Waals surface area (Å²) in [6, 6.07) is 13.2. The van der Waals surface area contributed by atoms with E-state index in [0.717, 1.165) is 16.9 Å². The zero-order valence-corrected chi connectivity index (χ0v) is 21.7. The van der Waals surface area contributed by atoms with Gasteiger partial charge in [-0.15, -0.1) is 11.3 Å². The molecule has 0 aliphatic rings. The van der Waals surface area contributed by atoms with E-state index >= 15 is 0 Å². The van der Waals surface area contributed by atoms with Crippen LogP contribution in [0.25, 0.3) is 21.1 Å². The smallest absolute Gasteiger partial charge is 0.344 e. The van der Waals surface area contributed by atoms with E-state index in [2.05, 4.69) is 25.9 Å². The van der Waals surface area contributed by atoms with Gasteiger partial charge in [-0.3, -0.25) is 14.7 Å². The molecule has 4 rings (SSSR count). The first-order chi connectivity index (χ1) is 17.6. The van der Waals surface area contributed by atoms with Crippen LogP contribution in [0.3, 0.4) is 0 Å². The Kier molecular flexibility index (Phi) is 7.86. The van der Waals surface area contributed by atoms with Gasteiger partial charge in [-0.2, -0.15) is 0 Å². The highest BCUT2D eigenvalue weighted by Crippen LogP contribution is 2.38. The number of thiazole rings is 2. The standard InChI is InChI=1S/C22H21N6O6PS2/c1-34-15-7-3-5-13(9-15)19(29)25-14-6-2-4-12(8-14)16-10-36-20(26-16)17-18(23)27-22(37-17)28-21(30)24-11-35(31,32)33/h2-10H,11,23H2,1H3,(H,25,29)(H2,31,32,33)(H2,24,27,28,30). The van der Waals surface area contributed by atoms with E-state index in [-0.39, 0.29) is 16.9 Å². The summed E-state index contributed by atoms with van der Waals surface area (Å²) in [5.41, 5.74) is 8.48. The van der Waals surface area contributed by atoms with Crippen LogP contribution >= 0.6 is 30.3 Å². The Morgan fingerprint density at radius 1 is 1.11 bits per heavy atom. The molecule has 0 fully saturated rings. The Labute approximate surface area is 218 Å². The summed E-state index contributed by atoms with van der Waals surface area (Å²) in [5.74, 6) is 0.451. The molecule has 3 amide bonds. The van der Waals surface area contributed by atoms with Crippen molar-refractivity contribution in [2.75, 3.05) is 29.8 Å². The highest BCUT2D eigenvalue weighted by atomic mass is 32.1. The maximum atomic E-state index is 12.7. The van der Waals surface area contributed by atoms with Crippen LogP contribution in [-0.2, 0) is 4.57 Å². The maximum Gasteiger partial charge on any atom is 0.344 e. The van der Waals surface area contributed by atoms with Gasteiger partial charge in [-0.05, 0) is 30.3 Å². The van der Waals surface area contributed by atoms with E-state index in [1.54, 1.807) is 42.5 Å². The predicted molar refractivity (Wildman–Crippen MR) is 143 cm³/mol. The maximum absolute atomic E-state index is 12.7. The fraction of sp³-hybridized carbons (Fsp3) is 0.0909. The van der Waals surface area contributed by atoms with Gasteiger partial charge in [0.15, 0.2) is 5.13 Å². The summed E-state index contributed by atoms with van der Waals surface area (Å²) in [4.78, 5) is 51.5. The van der Waals surface area contributed by atoms with E-state index in [9.17, 15) is 14.2 Å². The van der Waals surface area contributed by atoms with Crippen LogP contribution < -0.4 is 26.4 Å². The molecular formula is C22H21N6O6PS2. The van der Waals surface area contributed by atoms with Crippen LogP contribution in [0.2, 0.25) is 0 Å². The average molecular weight is 561 g/mol. The third kappa shape index (κ3) is 6.90. The van der Waals surface area contributed by atoms with Crippen LogP contribution in [0, 0.1) is 0 Å². The number of nitrogens with one attached hydrogen (secondary N) is 3. The second-order valence-corrected chi connectivity index (χ2v) is 11.0. The third-order valence-electron chi connectivity index (χ3n) is 4.77. The van der Waals surface area contributed by atoms with Gasteiger partial charge in [0, 0.05) is 22.2 Å². The average Bonchev–Trinajstić information content (AvgIpc) is 3.49. The topological polar surface area (TPSA) is 189 Å². The molecule has 0 spiro atoms. The number of urea groups is 1. The van der Waals surface area contributed by atoms with Gasteiger partial charge in [0.25, 0.3) is 5.91 Å². The Morgan fingerprint density at radius 2 is 1.89 bits per heavy atom. The summed E-state index contributed by atoms with van der Waals surface area (Å²) in [6.45, 7) is 0. The minimum atomic E-state index is -4.38. The number of carbonyl (C=O) groups excluding carboxylic acids is 2. The van der Waals surface area contributed by atoms with Gasteiger partial charge in [0.05, 0.1) is 12.8 Å². The van der Waals surface area contributed by atoms with Gasteiger partial charge in [0.2, 0.25) is 0 Å². The zero-order chi connectivity index (χ0) is 26.6. The van der Waals surface area contributed by atoms with Crippen LogP contribution in [0.1, 0.15) is 10.4 Å². The number of aromatic nitrogens is 2. The molecule has 4 aromatic rings. The van der Waals surface area contributed by atoms with Crippen LogP contribution in [-0.4, -0.2) is 45.1 Å². The molecule has 15 heteroatoms. The van der Waals surface area contributed by atoms with Gasteiger partial charge in [-0.1, -0.05) is 29.5 Å². The molecule has 0 atom stereocenters. The number of ether oxygens (including phenoxy) is 1. The first-order valence-corrected chi connectivity index (χ1v) is 14.0. The van der Waals surface area contributed by atoms with Gasteiger partial charge < -0.3 is 30.9 Å². The Balaban J connectivity index is 1.47. The quantitative estimate of drug-likeness (QED) is 0.173. The molecule has 7 N–H and O–H groups in total. The van der Waals surface area contributed by atoms with Crippen molar-refractivity contribution in [3.63, 3.8) is 0 Å². The summed E-state index contributed by atoms with van der Waals surface area (Å²) in [5, 5.41) is 9.87. The molecule has 0 aliphatic heterocycles. The second kappa shape index (κ2) is 11.1. The predicted octanol–water partition coefficient (Wildman–Crippen LogP) is 4.03. The molecule has 0 bridgehead atoms. The molecule has 2 heterocycles. The lowest BCUT2D eigenvalue weighted by Crippen LogP contribution is -2.29. The number of nitrogens with zero attached hydrogens (tertiary/aromatic N) is 2. The van der Waals surface area contributed by atoms with Gasteiger partial charge in [0.1, 0.15) is 27.7 Å². The number of rotatable bonds is 8. The van der Waals surface area contributed by atoms with E-state index in [1.165, 1.54) is 18.4 Å². The number of benzene rings is 2. The van der Waals surface area contributed by atoms with E-state index in [4.69, 9.17) is 20.3 Å². The first kappa shape index (κ1) is 26.3. The fourth-order valence-electron chi connectivity index (χ4n) is 3.09. The molecular weight excluding hydrogens is 539 g/mol. The molecule has 37 heavy (non-hydrogen) atoms. The van der Waals surface area contributed by atoms with Crippen molar-refractivity contribution in [2.45, 2.75) is 0 Å². The van der Waals surface area contributed by atoms with Crippen LogP contribution in [0.4, 0.5) is 21.4 Å². The van der Waals surface area contributed by atoms with Crippen molar-refractivity contribution >= 4 is 58.8 Å². The normalized spacial score (nSPS) is 11.1. The van der Waals surface area contributed by atoms with Crippen molar-refractivity contribution in [1.29, 1.82) is 0 Å². The lowest BCUT2D eigenvalue weighted by Gasteiger charge is -2.08. The molecule has 12 nitrogen and oxygen atoms in total. The van der Waals surface area contributed by atoms with Crippen LogP contribution in [0.5, 0.6) is 5.75 Å². The number of methoxy groups -OCH3 is 1. The molecule has 2 aromatic heterocycles. The lowest BCUT2D eigenvalue weighted by molar-refractivity contribution is 0.102. The van der Waals surface area contributed by atoms with Crippen LogP contribution in [0.15, 0.2) is 53.9 Å². The lowest BCUT2D eigenvalue weighted by atomic mass is 10.1. The van der Waals surface area contributed by atoms with Crippen molar-refractivity contribution in [3.05, 3.63) is 59.5 Å². The minimum absolute atomic E-state index is 0.148. The molecule has 2 aromatic carbocycles. The summed E-state index contributed by atoms with van der Waals surface area (Å²) < 4.78 is 16.1. The number of amides is 3. The largest absolute Gasteiger partial charge is 0.497 e. The number of nitrogen functional groups attached to an aromatic ring is 1. The number of hydrogen-bond donors (Lipinski definition) is 6. The highest BCUT2D eigenvalue weighted by Gasteiger charge is 2.18. The Hall–Kier alpha value is -3.81. The summed E-state index contributed by atoms with van der Waals surface area (Å²) >= 11 is 2.40. The second-order valence-electron chi connectivity index (χ2n) is 7.49. The molecule has 0 saturated carbocycles. The van der Waals surface area contributed by atoms with E-state index < -0.39 is 19.9 Å². The third-order valence-corrected chi connectivity index (χ3v) is 7.32. The van der Waals surface area contributed by atoms with Crippen molar-refractivity contribution in [1.82, 2.24) is 15.3 Å².